The molecule has 0 bridgehead atoms. The van der Waals surface area contributed by atoms with E-state index in [1.54, 1.807) is 23.1 Å². The Labute approximate surface area is 117 Å². The van der Waals surface area contributed by atoms with Gasteiger partial charge in [-0.2, -0.15) is 0 Å². The molecule has 1 heterocycles. The Kier molecular flexibility index (Phi) is 4.55. The van der Waals surface area contributed by atoms with E-state index in [9.17, 15) is 0 Å². The van der Waals surface area contributed by atoms with Crippen molar-refractivity contribution in [3.05, 3.63) is 33.2 Å². The SMILES string of the molecule is Cc1nnc(Sc2ccc(CCN)c(Br)c2)s1. The van der Waals surface area contributed by atoms with Crippen LogP contribution >= 0.6 is 39.0 Å². The molecule has 0 unspecified atom stereocenters. The maximum atomic E-state index is 5.55. The molecule has 0 fully saturated rings. The maximum absolute atomic E-state index is 5.55. The zero-order chi connectivity index (χ0) is 12.3. The molecule has 0 atom stereocenters. The average molecular weight is 330 g/mol. The summed E-state index contributed by atoms with van der Waals surface area (Å²) in [6, 6.07) is 6.30. The monoisotopic (exact) mass is 329 g/mol. The van der Waals surface area contributed by atoms with Crippen LogP contribution < -0.4 is 5.73 Å². The molecule has 0 aliphatic heterocycles. The van der Waals surface area contributed by atoms with Gasteiger partial charge >= 0.3 is 0 Å². The Morgan fingerprint density at radius 3 is 2.82 bits per heavy atom. The zero-order valence-electron chi connectivity index (χ0n) is 9.31. The molecule has 2 aromatic rings. The van der Waals surface area contributed by atoms with E-state index in [1.807, 2.05) is 6.92 Å². The molecule has 1 aromatic carbocycles. The molecule has 0 radical (unpaired) electrons. The number of aromatic nitrogens is 2. The van der Waals surface area contributed by atoms with Gasteiger partial charge in [-0.15, -0.1) is 10.2 Å². The maximum Gasteiger partial charge on any atom is 0.179 e. The third-order valence-electron chi connectivity index (χ3n) is 2.15. The highest BCUT2D eigenvalue weighted by Crippen LogP contribution is 2.32. The van der Waals surface area contributed by atoms with Gasteiger partial charge < -0.3 is 5.73 Å². The van der Waals surface area contributed by atoms with Gasteiger partial charge in [0.25, 0.3) is 0 Å². The normalized spacial score (nSPS) is 10.8. The van der Waals surface area contributed by atoms with Crippen LogP contribution in [0.25, 0.3) is 0 Å². The van der Waals surface area contributed by atoms with Crippen molar-refractivity contribution < 1.29 is 0 Å². The van der Waals surface area contributed by atoms with Crippen LogP contribution in [0.1, 0.15) is 10.6 Å². The first-order valence-corrected chi connectivity index (χ1v) is 7.58. The number of hydrogen-bond acceptors (Lipinski definition) is 5. The van der Waals surface area contributed by atoms with Crippen molar-refractivity contribution in [3.63, 3.8) is 0 Å². The minimum atomic E-state index is 0.667. The van der Waals surface area contributed by atoms with Gasteiger partial charge in [-0.3, -0.25) is 0 Å². The summed E-state index contributed by atoms with van der Waals surface area (Å²) in [7, 11) is 0. The van der Waals surface area contributed by atoms with E-state index in [4.69, 9.17) is 5.73 Å². The number of nitrogens with two attached hydrogens (primary N) is 1. The van der Waals surface area contributed by atoms with E-state index >= 15 is 0 Å². The highest BCUT2D eigenvalue weighted by Gasteiger charge is 2.05. The van der Waals surface area contributed by atoms with Gasteiger partial charge in [0, 0.05) is 9.37 Å². The van der Waals surface area contributed by atoms with Crippen molar-refractivity contribution in [2.75, 3.05) is 6.54 Å². The first-order valence-electron chi connectivity index (χ1n) is 5.15. The highest BCUT2D eigenvalue weighted by molar-refractivity contribution is 9.10. The van der Waals surface area contributed by atoms with Crippen LogP contribution in [-0.2, 0) is 6.42 Å². The molecule has 1 aromatic heterocycles. The van der Waals surface area contributed by atoms with Gasteiger partial charge in [0.2, 0.25) is 0 Å². The first-order chi connectivity index (χ1) is 8.19. The van der Waals surface area contributed by atoms with Gasteiger partial charge in [-0.05, 0) is 37.6 Å². The van der Waals surface area contributed by atoms with E-state index in [2.05, 4.69) is 44.3 Å². The lowest BCUT2D eigenvalue weighted by molar-refractivity contribution is 0.960. The molecule has 2 rings (SSSR count). The molecule has 0 saturated carbocycles. The van der Waals surface area contributed by atoms with Crippen LogP contribution in [-0.4, -0.2) is 16.7 Å². The standard InChI is InChI=1S/C11H12BrN3S2/c1-7-14-15-11(16-7)17-9-3-2-8(4-5-13)10(12)6-9/h2-3,6H,4-5,13H2,1H3. The third-order valence-corrected chi connectivity index (χ3v) is 4.77. The van der Waals surface area contributed by atoms with Crippen molar-refractivity contribution in [2.45, 2.75) is 22.6 Å². The number of halogens is 1. The smallest absolute Gasteiger partial charge is 0.179 e. The zero-order valence-corrected chi connectivity index (χ0v) is 12.5. The van der Waals surface area contributed by atoms with Crippen LogP contribution in [0, 0.1) is 6.92 Å². The second-order valence-corrected chi connectivity index (χ2v) is 6.84. The molecule has 3 nitrogen and oxygen atoms in total. The highest BCUT2D eigenvalue weighted by atomic mass is 79.9. The molecule has 2 N–H and O–H groups in total. The number of hydrogen-bond donors (Lipinski definition) is 1. The molecule has 0 aliphatic rings. The molecular formula is C11H12BrN3S2. The van der Waals surface area contributed by atoms with Crippen LogP contribution in [0.3, 0.4) is 0 Å². The van der Waals surface area contributed by atoms with Gasteiger partial charge in [0.15, 0.2) is 4.34 Å². The Morgan fingerprint density at radius 2 is 2.24 bits per heavy atom. The van der Waals surface area contributed by atoms with Crippen LogP contribution in [0.15, 0.2) is 31.9 Å². The Balaban J connectivity index is 2.14. The summed E-state index contributed by atoms with van der Waals surface area (Å²) in [6.07, 6.45) is 0.892. The van der Waals surface area contributed by atoms with E-state index in [-0.39, 0.29) is 0 Å². The fourth-order valence-corrected chi connectivity index (χ4v) is 3.93. The summed E-state index contributed by atoms with van der Waals surface area (Å²) >= 11 is 6.81. The van der Waals surface area contributed by atoms with Crippen molar-refractivity contribution >= 4 is 39.0 Å². The minimum absolute atomic E-state index is 0.667. The summed E-state index contributed by atoms with van der Waals surface area (Å²) in [5.41, 5.74) is 6.79. The Bertz CT molecular complexity index is 513. The summed E-state index contributed by atoms with van der Waals surface area (Å²) in [4.78, 5) is 1.16. The molecule has 0 amide bonds. The molecule has 17 heavy (non-hydrogen) atoms. The molecule has 0 saturated heterocycles. The molecule has 0 aliphatic carbocycles. The van der Waals surface area contributed by atoms with Crippen LogP contribution in [0.5, 0.6) is 0 Å². The largest absolute Gasteiger partial charge is 0.330 e. The fourth-order valence-electron chi connectivity index (χ4n) is 1.37. The topological polar surface area (TPSA) is 51.8 Å². The van der Waals surface area contributed by atoms with E-state index < -0.39 is 0 Å². The van der Waals surface area contributed by atoms with Gasteiger partial charge in [-0.1, -0.05) is 45.1 Å². The second kappa shape index (κ2) is 5.95. The summed E-state index contributed by atoms with van der Waals surface area (Å²) in [5.74, 6) is 0. The lowest BCUT2D eigenvalue weighted by Crippen LogP contribution is -2.03. The van der Waals surface area contributed by atoms with E-state index in [0.29, 0.717) is 6.54 Å². The summed E-state index contributed by atoms with van der Waals surface area (Å²) < 4.78 is 2.08. The Morgan fingerprint density at radius 1 is 1.41 bits per heavy atom. The summed E-state index contributed by atoms with van der Waals surface area (Å²) in [5, 5.41) is 9.09. The number of aryl methyl sites for hydroxylation is 1. The quantitative estimate of drug-likeness (QED) is 0.935. The minimum Gasteiger partial charge on any atom is -0.330 e. The van der Waals surface area contributed by atoms with Crippen molar-refractivity contribution in [3.8, 4) is 0 Å². The first kappa shape index (κ1) is 13.0. The fraction of sp³-hybridized carbons (Fsp3) is 0.273. The molecule has 90 valence electrons. The average Bonchev–Trinajstić information content (AvgIpc) is 2.68. The Hall–Kier alpha value is -0.430. The van der Waals surface area contributed by atoms with Crippen LogP contribution in [0.2, 0.25) is 0 Å². The summed E-state index contributed by atoms with van der Waals surface area (Å²) in [6.45, 7) is 2.63. The predicted octanol–water partition coefficient (Wildman–Crippen LogP) is 3.26. The van der Waals surface area contributed by atoms with Gasteiger partial charge in [0.05, 0.1) is 0 Å². The van der Waals surface area contributed by atoms with Gasteiger partial charge in [-0.25, -0.2) is 0 Å². The van der Waals surface area contributed by atoms with E-state index in [0.717, 1.165) is 25.1 Å². The van der Waals surface area contributed by atoms with Crippen molar-refractivity contribution in [2.24, 2.45) is 5.73 Å². The third kappa shape index (κ3) is 3.51. The van der Waals surface area contributed by atoms with E-state index in [1.165, 1.54) is 5.56 Å². The lowest BCUT2D eigenvalue weighted by Gasteiger charge is -2.04. The van der Waals surface area contributed by atoms with Crippen molar-refractivity contribution in [1.29, 1.82) is 0 Å². The number of benzene rings is 1. The molecule has 6 heteroatoms. The van der Waals surface area contributed by atoms with Gasteiger partial charge in [0.1, 0.15) is 5.01 Å². The lowest BCUT2D eigenvalue weighted by atomic mass is 10.1. The number of nitrogens with zero attached hydrogens (tertiary/aromatic N) is 2. The molecular weight excluding hydrogens is 318 g/mol. The molecule has 0 spiro atoms. The second-order valence-electron chi connectivity index (χ2n) is 3.48. The number of rotatable bonds is 4. The van der Waals surface area contributed by atoms with Crippen LogP contribution in [0.4, 0.5) is 0 Å². The van der Waals surface area contributed by atoms with Crippen molar-refractivity contribution in [1.82, 2.24) is 10.2 Å². The predicted molar refractivity (Wildman–Crippen MR) is 75.7 cm³/mol.